The molecule has 0 aromatic heterocycles. The van der Waals surface area contributed by atoms with E-state index in [-0.39, 0.29) is 17.6 Å². The molecule has 2 bridgehead atoms. The first-order valence-electron chi connectivity index (χ1n) is 10.4. The van der Waals surface area contributed by atoms with Crippen molar-refractivity contribution in [3.63, 3.8) is 0 Å². The number of likely N-dealkylation sites (tertiary alicyclic amines) is 1. The van der Waals surface area contributed by atoms with Crippen molar-refractivity contribution in [3.8, 4) is 5.75 Å². The summed E-state index contributed by atoms with van der Waals surface area (Å²) < 4.78 is 11.9. The number of nitrogens with one attached hydrogen (secondary N) is 1. The molecule has 1 aromatic rings. The summed E-state index contributed by atoms with van der Waals surface area (Å²) in [7, 11) is 1.61. The lowest BCUT2D eigenvalue weighted by atomic mass is 9.73. The fourth-order valence-corrected chi connectivity index (χ4v) is 5.30. The Kier molecular flexibility index (Phi) is 5.23. The molecule has 4 atom stereocenters. The Morgan fingerprint density at radius 3 is 3.00 bits per heavy atom. The molecular formula is C23H32N2O3. The van der Waals surface area contributed by atoms with E-state index < -0.39 is 0 Å². The molecule has 28 heavy (non-hydrogen) atoms. The number of ether oxygens (including phenoxy) is 2. The number of carbonyl (C=O) groups excluding carboxylic acids is 1. The summed E-state index contributed by atoms with van der Waals surface area (Å²) in [5.41, 5.74) is 3.05. The third-order valence-electron chi connectivity index (χ3n) is 6.71. The highest BCUT2D eigenvalue weighted by atomic mass is 16.5. The van der Waals surface area contributed by atoms with E-state index in [0.29, 0.717) is 29.7 Å². The van der Waals surface area contributed by atoms with Gasteiger partial charge in [0.15, 0.2) is 0 Å². The molecule has 1 amide bonds. The smallest absolute Gasteiger partial charge is 0.255 e. The van der Waals surface area contributed by atoms with E-state index in [1.165, 1.54) is 5.57 Å². The first-order chi connectivity index (χ1) is 13.4. The van der Waals surface area contributed by atoms with E-state index in [1.807, 2.05) is 25.1 Å². The Morgan fingerprint density at radius 2 is 2.25 bits per heavy atom. The van der Waals surface area contributed by atoms with Gasteiger partial charge in [-0.15, -0.1) is 0 Å². The van der Waals surface area contributed by atoms with Gasteiger partial charge in [-0.1, -0.05) is 17.7 Å². The van der Waals surface area contributed by atoms with Crippen LogP contribution in [0.4, 0.5) is 0 Å². The summed E-state index contributed by atoms with van der Waals surface area (Å²) >= 11 is 0. The lowest BCUT2D eigenvalue weighted by Gasteiger charge is -2.29. The molecule has 0 saturated carbocycles. The number of rotatable bonds is 6. The van der Waals surface area contributed by atoms with Crippen molar-refractivity contribution in [2.24, 2.45) is 11.8 Å². The van der Waals surface area contributed by atoms with Crippen LogP contribution in [0.5, 0.6) is 5.75 Å². The van der Waals surface area contributed by atoms with Gasteiger partial charge in [0.05, 0.1) is 24.4 Å². The van der Waals surface area contributed by atoms with Crippen LogP contribution in [0, 0.1) is 18.8 Å². The summed E-state index contributed by atoms with van der Waals surface area (Å²) in [5.74, 6) is 1.47. The zero-order valence-corrected chi connectivity index (χ0v) is 17.5. The number of methoxy groups -OCH3 is 1. The van der Waals surface area contributed by atoms with Crippen LogP contribution < -0.4 is 10.1 Å². The van der Waals surface area contributed by atoms with Gasteiger partial charge in [-0.2, -0.15) is 0 Å². The van der Waals surface area contributed by atoms with Crippen LogP contribution >= 0.6 is 0 Å². The third kappa shape index (κ3) is 3.46. The van der Waals surface area contributed by atoms with Crippen molar-refractivity contribution in [2.75, 3.05) is 33.3 Å². The number of carbonyl (C=O) groups is 1. The van der Waals surface area contributed by atoms with Crippen molar-refractivity contribution in [1.82, 2.24) is 10.2 Å². The normalized spacial score (nSPS) is 30.9. The molecule has 3 saturated heterocycles. The van der Waals surface area contributed by atoms with Crippen LogP contribution in [0.15, 0.2) is 29.8 Å². The van der Waals surface area contributed by atoms with Gasteiger partial charge in [0.1, 0.15) is 5.75 Å². The fourth-order valence-electron chi connectivity index (χ4n) is 5.30. The zero-order chi connectivity index (χ0) is 19.9. The van der Waals surface area contributed by atoms with E-state index >= 15 is 0 Å². The Balaban J connectivity index is 1.42. The maximum absolute atomic E-state index is 12.8. The van der Waals surface area contributed by atoms with Crippen molar-refractivity contribution in [1.29, 1.82) is 0 Å². The maximum Gasteiger partial charge on any atom is 0.255 e. The first-order valence-corrected chi connectivity index (χ1v) is 10.4. The third-order valence-corrected chi connectivity index (χ3v) is 6.71. The molecular weight excluding hydrogens is 352 g/mol. The number of fused-ring (bicyclic) bond motifs is 1. The second-order valence-corrected chi connectivity index (χ2v) is 8.92. The largest absolute Gasteiger partial charge is 0.496 e. The van der Waals surface area contributed by atoms with Gasteiger partial charge in [-0.25, -0.2) is 0 Å². The quantitative estimate of drug-likeness (QED) is 0.766. The average Bonchev–Trinajstić information content (AvgIpc) is 3.32. The van der Waals surface area contributed by atoms with Gasteiger partial charge in [-0.05, 0) is 51.3 Å². The number of hydrogen-bond donors (Lipinski definition) is 1. The molecule has 1 spiro atoms. The molecule has 3 fully saturated rings. The van der Waals surface area contributed by atoms with Gasteiger partial charge < -0.3 is 14.8 Å². The van der Waals surface area contributed by atoms with Crippen molar-refractivity contribution < 1.29 is 14.3 Å². The summed E-state index contributed by atoms with van der Waals surface area (Å²) in [6, 6.07) is 5.70. The highest BCUT2D eigenvalue weighted by Gasteiger charge is 2.62. The number of allylic oxidation sites excluding steroid dienone is 1. The molecule has 3 heterocycles. The van der Waals surface area contributed by atoms with Gasteiger partial charge in [0, 0.05) is 38.0 Å². The molecule has 0 unspecified atom stereocenters. The molecule has 5 heteroatoms. The fraction of sp³-hybridized carbons (Fsp3) is 0.609. The predicted molar refractivity (Wildman–Crippen MR) is 110 cm³/mol. The van der Waals surface area contributed by atoms with Crippen molar-refractivity contribution in [3.05, 3.63) is 41.0 Å². The Bertz CT molecular complexity index is 786. The minimum absolute atomic E-state index is 0.0110. The highest BCUT2D eigenvalue weighted by molar-refractivity contribution is 5.97. The Morgan fingerprint density at radius 1 is 1.43 bits per heavy atom. The number of benzene rings is 1. The topological polar surface area (TPSA) is 50.8 Å². The van der Waals surface area contributed by atoms with Crippen LogP contribution in [0.2, 0.25) is 0 Å². The number of amides is 1. The minimum Gasteiger partial charge on any atom is -0.496 e. The van der Waals surface area contributed by atoms with Crippen LogP contribution in [0.3, 0.4) is 0 Å². The van der Waals surface area contributed by atoms with E-state index in [9.17, 15) is 4.79 Å². The van der Waals surface area contributed by atoms with E-state index in [1.54, 1.807) is 7.11 Å². The van der Waals surface area contributed by atoms with Gasteiger partial charge >= 0.3 is 0 Å². The SMILES string of the molecule is COc1cc(C)ccc1C(=O)NC[C@H]1[C@H]2CN(CC=C(C)C)C[C@]23CC[C@H]1O3. The average molecular weight is 385 g/mol. The standard InChI is InChI=1S/C23H32N2O3/c1-15(2)8-10-25-13-19-18(20-7-9-23(19,14-25)28-20)12-24-22(26)17-6-5-16(3)11-21(17)27-4/h5-6,8,11,18-20H,7,9-10,12-14H2,1-4H3,(H,24,26)/t18-,19+,20+,23+/m0/s1. The Labute approximate surface area is 168 Å². The van der Waals surface area contributed by atoms with Crippen molar-refractivity contribution in [2.45, 2.75) is 45.3 Å². The molecule has 152 valence electrons. The first kappa shape index (κ1) is 19.5. The summed E-state index contributed by atoms with van der Waals surface area (Å²) in [5, 5.41) is 3.16. The second kappa shape index (κ2) is 7.53. The van der Waals surface area contributed by atoms with E-state index in [2.05, 4.69) is 30.1 Å². The van der Waals surface area contributed by atoms with Gasteiger partial charge in [-0.3, -0.25) is 9.69 Å². The van der Waals surface area contributed by atoms with E-state index in [0.717, 1.165) is 38.0 Å². The lowest BCUT2D eigenvalue weighted by molar-refractivity contribution is 0.00364. The molecule has 1 N–H and O–H groups in total. The summed E-state index contributed by atoms with van der Waals surface area (Å²) in [6.45, 7) is 10.0. The molecule has 5 nitrogen and oxygen atoms in total. The zero-order valence-electron chi connectivity index (χ0n) is 17.5. The molecule has 3 aliphatic heterocycles. The predicted octanol–water partition coefficient (Wildman–Crippen LogP) is 3.18. The van der Waals surface area contributed by atoms with Crippen LogP contribution in [-0.4, -0.2) is 55.8 Å². The Hall–Kier alpha value is -1.85. The monoisotopic (exact) mass is 384 g/mol. The number of hydrogen-bond acceptors (Lipinski definition) is 4. The minimum atomic E-state index is -0.0620. The van der Waals surface area contributed by atoms with Crippen LogP contribution in [0.25, 0.3) is 0 Å². The van der Waals surface area contributed by atoms with Gasteiger partial charge in [0.25, 0.3) is 5.91 Å². The molecule has 0 radical (unpaired) electrons. The number of nitrogens with zero attached hydrogens (tertiary/aromatic N) is 1. The highest BCUT2D eigenvalue weighted by Crippen LogP contribution is 2.54. The molecule has 1 aromatic carbocycles. The lowest BCUT2D eigenvalue weighted by Crippen LogP contribution is -2.42. The van der Waals surface area contributed by atoms with Crippen LogP contribution in [0.1, 0.15) is 42.6 Å². The maximum atomic E-state index is 12.8. The van der Waals surface area contributed by atoms with Crippen molar-refractivity contribution >= 4 is 5.91 Å². The molecule has 3 aliphatic rings. The molecule has 0 aliphatic carbocycles. The summed E-state index contributed by atoms with van der Waals surface area (Å²) in [4.78, 5) is 15.3. The molecule has 4 rings (SSSR count). The number of aryl methyl sites for hydroxylation is 1. The van der Waals surface area contributed by atoms with Crippen LogP contribution in [-0.2, 0) is 4.74 Å². The second-order valence-electron chi connectivity index (χ2n) is 8.92. The van der Waals surface area contributed by atoms with Gasteiger partial charge in [0.2, 0.25) is 0 Å². The summed E-state index contributed by atoms with van der Waals surface area (Å²) in [6.07, 6.45) is 4.85. The van der Waals surface area contributed by atoms with E-state index in [4.69, 9.17) is 9.47 Å².